The molecule has 0 aliphatic carbocycles. The molecule has 0 saturated heterocycles. The van der Waals surface area contributed by atoms with E-state index in [4.69, 9.17) is 10.2 Å². The van der Waals surface area contributed by atoms with Crippen molar-refractivity contribution in [2.75, 3.05) is 0 Å². The van der Waals surface area contributed by atoms with Gasteiger partial charge in [0.05, 0.1) is 6.42 Å². The zero-order valence-electron chi connectivity index (χ0n) is 6.63. The zero-order valence-corrected chi connectivity index (χ0v) is 11.8. The van der Waals surface area contributed by atoms with Gasteiger partial charge in [-0.15, -0.1) is 0 Å². The SMILES string of the molecule is O=C(O)CC([O-])=C([O-])O.[Ca+2].[OH-].[OH-].[Zn+2]. The van der Waals surface area contributed by atoms with Crippen molar-refractivity contribution >= 4 is 43.7 Å². The van der Waals surface area contributed by atoms with Crippen LogP contribution in [0.1, 0.15) is 6.42 Å². The van der Waals surface area contributed by atoms with Crippen LogP contribution in [0.2, 0.25) is 0 Å². The number of carbonyl (C=O) groups is 1. The van der Waals surface area contributed by atoms with Crippen molar-refractivity contribution < 1.29 is 55.7 Å². The fourth-order valence-corrected chi connectivity index (χ4v) is 0.213. The van der Waals surface area contributed by atoms with Gasteiger partial charge in [0.2, 0.25) is 0 Å². The predicted octanol–water partition coefficient (Wildman–Crippen LogP) is -2.83. The number of carboxylic acid groups (broad SMARTS) is 1. The number of aliphatic hydroxyl groups excluding tert-OH is 1. The first-order valence-corrected chi connectivity index (χ1v) is 2.02. The van der Waals surface area contributed by atoms with Gasteiger partial charge in [-0.3, -0.25) is 4.79 Å². The Bertz CT molecular complexity index is 155. The van der Waals surface area contributed by atoms with Crippen LogP contribution in [0.3, 0.4) is 0 Å². The molecule has 0 spiro atoms. The van der Waals surface area contributed by atoms with Crippen LogP contribution < -0.4 is 10.2 Å². The Labute approximate surface area is 116 Å². The average Bonchev–Trinajstić information content (AvgIpc) is 1.63. The van der Waals surface area contributed by atoms with Gasteiger partial charge in [-0.1, -0.05) is 5.76 Å². The molecule has 4 N–H and O–H groups in total. The minimum Gasteiger partial charge on any atom is -0.874 e. The largest absolute Gasteiger partial charge is 2.00 e. The van der Waals surface area contributed by atoms with Gasteiger partial charge in [-0.2, -0.15) is 0 Å². The number of hydrogen-bond donors (Lipinski definition) is 2. The first kappa shape index (κ1) is 29.2. The van der Waals surface area contributed by atoms with Crippen LogP contribution in [0.5, 0.6) is 0 Å². The summed E-state index contributed by atoms with van der Waals surface area (Å²) in [6.07, 6.45) is -0.949. The molecule has 0 fully saturated rings. The molecule has 9 heteroatoms. The van der Waals surface area contributed by atoms with Crippen molar-refractivity contribution in [1.29, 1.82) is 0 Å². The normalized spacial score (nSPS) is 8.62. The van der Waals surface area contributed by atoms with Gasteiger partial charge in [0.25, 0.3) is 0 Å². The minimum absolute atomic E-state index is 0. The van der Waals surface area contributed by atoms with Crippen molar-refractivity contribution in [2.24, 2.45) is 0 Å². The second-order valence-corrected chi connectivity index (χ2v) is 1.30. The Morgan fingerprint density at radius 2 is 1.46 bits per heavy atom. The smallest absolute Gasteiger partial charge is 0.874 e. The van der Waals surface area contributed by atoms with E-state index in [1.807, 2.05) is 0 Å². The molecule has 0 heterocycles. The summed E-state index contributed by atoms with van der Waals surface area (Å²) in [5.74, 6) is -4.44. The predicted molar refractivity (Wildman–Crippen MR) is 31.5 cm³/mol. The summed E-state index contributed by atoms with van der Waals surface area (Å²) in [5.41, 5.74) is 0. The molecule has 0 aliphatic rings. The van der Waals surface area contributed by atoms with Crippen LogP contribution in [0.15, 0.2) is 11.7 Å². The van der Waals surface area contributed by atoms with E-state index in [0.717, 1.165) is 0 Å². The zero-order chi connectivity index (χ0) is 7.44. The maximum absolute atomic E-state index is 9.97. The molecular weight excluding hydrogens is 266 g/mol. The second-order valence-electron chi connectivity index (χ2n) is 1.30. The third-order valence-corrected chi connectivity index (χ3v) is 0.550. The molecule has 0 aliphatic heterocycles. The molecule has 0 aromatic heterocycles. The summed E-state index contributed by atoms with van der Waals surface area (Å²) >= 11 is 0. The first-order valence-electron chi connectivity index (χ1n) is 2.02. The Balaban J connectivity index is -0.0000000533. The van der Waals surface area contributed by atoms with Gasteiger partial charge >= 0.3 is 63.2 Å². The Morgan fingerprint density at radius 3 is 1.54 bits per heavy atom. The quantitative estimate of drug-likeness (QED) is 0.403. The van der Waals surface area contributed by atoms with Crippen molar-refractivity contribution in [3.8, 4) is 0 Å². The van der Waals surface area contributed by atoms with Gasteiger partial charge in [-0.05, 0) is 0 Å². The van der Waals surface area contributed by atoms with E-state index < -0.39 is 24.1 Å². The van der Waals surface area contributed by atoms with Gasteiger partial charge in [0.1, 0.15) is 0 Å². The fraction of sp³-hybridized carbons (Fsp3) is 0.250. The van der Waals surface area contributed by atoms with Crippen LogP contribution >= 0.6 is 0 Å². The molecule has 68 valence electrons. The summed E-state index contributed by atoms with van der Waals surface area (Å²) < 4.78 is 0. The van der Waals surface area contributed by atoms with Crippen LogP contribution in [0, 0.1) is 0 Å². The standard InChI is InChI=1S/C4H6O5.Ca.2H2O.Zn/c5-2(4(8)9)1-3(6)7;;;;/h5,8-9H,1H2,(H,6,7);;2*1H2;/q;+2;;;+2/p-4. The number of aliphatic carboxylic acids is 1. The van der Waals surface area contributed by atoms with E-state index in [2.05, 4.69) is 0 Å². The van der Waals surface area contributed by atoms with E-state index in [1.54, 1.807) is 0 Å². The molecule has 0 aromatic carbocycles. The number of carboxylic acids is 1. The third kappa shape index (κ3) is 19.0. The van der Waals surface area contributed by atoms with Gasteiger partial charge < -0.3 is 31.4 Å². The summed E-state index contributed by atoms with van der Waals surface area (Å²) in [6, 6.07) is 0. The maximum Gasteiger partial charge on any atom is 2.00 e. The molecule has 0 bridgehead atoms. The van der Waals surface area contributed by atoms with E-state index >= 15 is 0 Å². The third-order valence-electron chi connectivity index (χ3n) is 0.550. The van der Waals surface area contributed by atoms with Crippen molar-refractivity contribution in [3.05, 3.63) is 11.7 Å². The van der Waals surface area contributed by atoms with Crippen LogP contribution in [0.4, 0.5) is 0 Å². The topological polar surface area (TPSA) is 164 Å². The Morgan fingerprint density at radius 1 is 1.15 bits per heavy atom. The van der Waals surface area contributed by atoms with E-state index in [9.17, 15) is 15.0 Å². The molecule has 0 aromatic rings. The summed E-state index contributed by atoms with van der Waals surface area (Å²) in [5, 5.41) is 35.3. The molecule has 0 amide bonds. The number of hydrogen-bond acceptors (Lipinski definition) is 6. The summed E-state index contributed by atoms with van der Waals surface area (Å²) in [4.78, 5) is 9.63. The fourth-order valence-electron chi connectivity index (χ4n) is 0.213. The van der Waals surface area contributed by atoms with Crippen LogP contribution in [0.25, 0.3) is 0 Å². The van der Waals surface area contributed by atoms with Gasteiger partial charge in [0, 0.05) is 5.95 Å². The monoisotopic (exact) mass is 270 g/mol. The Kier molecular flexibility index (Phi) is 33.5. The second kappa shape index (κ2) is 14.9. The number of rotatable bonds is 2. The molecule has 13 heavy (non-hydrogen) atoms. The van der Waals surface area contributed by atoms with Crippen LogP contribution in [-0.4, -0.2) is 64.9 Å². The van der Waals surface area contributed by atoms with Crippen molar-refractivity contribution in [1.82, 2.24) is 0 Å². The van der Waals surface area contributed by atoms with Gasteiger partial charge in [-0.25, -0.2) is 0 Å². The van der Waals surface area contributed by atoms with Crippen LogP contribution in [-0.2, 0) is 24.3 Å². The van der Waals surface area contributed by atoms with E-state index in [1.165, 1.54) is 0 Å². The molecule has 0 atom stereocenters. The molecular formula is C4H6CaO7Zn. The molecule has 0 unspecified atom stereocenters. The first-order chi connectivity index (χ1) is 4.04. The van der Waals surface area contributed by atoms with Gasteiger partial charge in [0.15, 0.2) is 0 Å². The Hall–Kier alpha value is 0.413. The van der Waals surface area contributed by atoms with Crippen molar-refractivity contribution in [2.45, 2.75) is 6.42 Å². The maximum atomic E-state index is 9.97. The van der Waals surface area contributed by atoms with Crippen molar-refractivity contribution in [3.63, 3.8) is 0 Å². The molecule has 0 rings (SSSR count). The molecule has 0 saturated carbocycles. The number of aliphatic hydroxyl groups is 1. The van der Waals surface area contributed by atoms with E-state index in [0.29, 0.717) is 0 Å². The minimum atomic E-state index is -1.71. The molecule has 0 radical (unpaired) electrons. The average molecular weight is 272 g/mol. The molecule has 7 nitrogen and oxygen atoms in total. The summed E-state index contributed by atoms with van der Waals surface area (Å²) in [6.45, 7) is 0. The summed E-state index contributed by atoms with van der Waals surface area (Å²) in [7, 11) is 0. The van der Waals surface area contributed by atoms with E-state index in [-0.39, 0.29) is 68.2 Å².